The molecule has 1 aromatic carbocycles. The highest BCUT2D eigenvalue weighted by Gasteiger charge is 2.66. The molecule has 0 amide bonds. The predicted molar refractivity (Wildman–Crippen MR) is 71.1 cm³/mol. The zero-order chi connectivity index (χ0) is 11.9. The minimum Gasteiger partial charge on any atom is -0.397 e. The van der Waals surface area contributed by atoms with Crippen molar-refractivity contribution >= 4 is 16.7 Å². The van der Waals surface area contributed by atoms with Gasteiger partial charge in [-0.05, 0) is 55.1 Å². The van der Waals surface area contributed by atoms with Gasteiger partial charge in [0.25, 0.3) is 0 Å². The fourth-order valence-electron chi connectivity index (χ4n) is 4.92. The van der Waals surface area contributed by atoms with Gasteiger partial charge >= 0.3 is 0 Å². The SMILES string of the molecule is Nc1cccc2[nH]c(C3C4C5CCC(C5)C34)nc12. The molecule has 3 nitrogen and oxygen atoms in total. The molecule has 1 heterocycles. The van der Waals surface area contributed by atoms with E-state index >= 15 is 0 Å². The van der Waals surface area contributed by atoms with Crippen LogP contribution in [0.25, 0.3) is 11.0 Å². The third-order valence-electron chi connectivity index (χ3n) is 5.61. The fourth-order valence-corrected chi connectivity index (χ4v) is 4.92. The Morgan fingerprint density at radius 3 is 2.67 bits per heavy atom. The Labute approximate surface area is 106 Å². The van der Waals surface area contributed by atoms with E-state index in [0.717, 1.165) is 40.4 Å². The minimum absolute atomic E-state index is 0.711. The van der Waals surface area contributed by atoms with Crippen molar-refractivity contribution in [1.29, 1.82) is 0 Å². The summed E-state index contributed by atoms with van der Waals surface area (Å²) in [5.41, 5.74) is 8.85. The van der Waals surface area contributed by atoms with Crippen LogP contribution in [0.5, 0.6) is 0 Å². The highest BCUT2D eigenvalue weighted by molar-refractivity contribution is 5.87. The van der Waals surface area contributed by atoms with E-state index in [1.165, 1.54) is 25.1 Å². The lowest BCUT2D eigenvalue weighted by molar-refractivity contribution is 0.456. The molecule has 0 spiro atoms. The van der Waals surface area contributed by atoms with Crippen LogP contribution in [0.2, 0.25) is 0 Å². The molecule has 3 aliphatic carbocycles. The summed E-state index contributed by atoms with van der Waals surface area (Å²) in [6.07, 6.45) is 4.42. The molecule has 4 atom stereocenters. The Bertz CT molecular complexity index is 628. The van der Waals surface area contributed by atoms with Crippen molar-refractivity contribution in [3.05, 3.63) is 24.0 Å². The van der Waals surface area contributed by atoms with Gasteiger partial charge in [0.15, 0.2) is 0 Å². The number of aromatic nitrogens is 2. The smallest absolute Gasteiger partial charge is 0.111 e. The molecule has 2 bridgehead atoms. The number of hydrogen-bond donors (Lipinski definition) is 2. The first-order chi connectivity index (χ1) is 8.83. The van der Waals surface area contributed by atoms with Gasteiger partial charge in [-0.1, -0.05) is 6.07 Å². The molecule has 3 saturated carbocycles. The standard InChI is InChI=1S/C15H17N3/c16-9-2-1-3-10-14(9)18-15(17-10)13-11-7-4-5-8(6-7)12(11)13/h1-3,7-8,11-13H,4-6,16H2,(H,17,18). The number of hydrogen-bond acceptors (Lipinski definition) is 2. The molecular formula is C15H17N3. The van der Waals surface area contributed by atoms with E-state index in [9.17, 15) is 0 Å². The second kappa shape index (κ2) is 2.90. The lowest BCUT2D eigenvalue weighted by Crippen LogP contribution is -1.98. The summed E-state index contributed by atoms with van der Waals surface area (Å²) < 4.78 is 0. The van der Waals surface area contributed by atoms with E-state index in [2.05, 4.69) is 11.1 Å². The number of rotatable bonds is 1. The topological polar surface area (TPSA) is 54.7 Å². The molecule has 2 aromatic rings. The van der Waals surface area contributed by atoms with Gasteiger partial charge < -0.3 is 10.7 Å². The van der Waals surface area contributed by atoms with Gasteiger partial charge in [0.2, 0.25) is 0 Å². The molecule has 92 valence electrons. The Morgan fingerprint density at radius 2 is 1.94 bits per heavy atom. The van der Waals surface area contributed by atoms with E-state index in [-0.39, 0.29) is 0 Å². The van der Waals surface area contributed by atoms with E-state index < -0.39 is 0 Å². The minimum atomic E-state index is 0.711. The highest BCUT2D eigenvalue weighted by Crippen LogP contribution is 2.72. The lowest BCUT2D eigenvalue weighted by atomic mass is 10.0. The number of anilines is 1. The van der Waals surface area contributed by atoms with Crippen LogP contribution in [0.15, 0.2) is 18.2 Å². The maximum absolute atomic E-state index is 5.99. The number of nitrogens with one attached hydrogen (secondary N) is 1. The number of nitrogen functional groups attached to an aromatic ring is 1. The van der Waals surface area contributed by atoms with Crippen molar-refractivity contribution in [2.24, 2.45) is 23.7 Å². The maximum Gasteiger partial charge on any atom is 0.111 e. The first-order valence-electron chi connectivity index (χ1n) is 7.07. The average Bonchev–Trinajstić information content (AvgIpc) is 2.77. The Hall–Kier alpha value is -1.51. The average molecular weight is 239 g/mol. The zero-order valence-corrected chi connectivity index (χ0v) is 10.3. The van der Waals surface area contributed by atoms with Gasteiger partial charge in [0, 0.05) is 5.92 Å². The zero-order valence-electron chi connectivity index (χ0n) is 10.3. The third-order valence-corrected chi connectivity index (χ3v) is 5.61. The second-order valence-electron chi connectivity index (χ2n) is 6.38. The summed E-state index contributed by atoms with van der Waals surface area (Å²) in [6.45, 7) is 0. The monoisotopic (exact) mass is 239 g/mol. The summed E-state index contributed by atoms with van der Waals surface area (Å²) >= 11 is 0. The molecular weight excluding hydrogens is 222 g/mol. The van der Waals surface area contributed by atoms with Crippen LogP contribution in [-0.4, -0.2) is 9.97 Å². The number of para-hydroxylation sites is 1. The van der Waals surface area contributed by atoms with Crippen molar-refractivity contribution in [2.45, 2.75) is 25.2 Å². The largest absolute Gasteiger partial charge is 0.397 e. The van der Waals surface area contributed by atoms with Crippen LogP contribution in [0, 0.1) is 23.7 Å². The van der Waals surface area contributed by atoms with E-state index in [4.69, 9.17) is 10.7 Å². The van der Waals surface area contributed by atoms with Crippen LogP contribution in [0.4, 0.5) is 5.69 Å². The maximum atomic E-state index is 5.99. The number of fused-ring (bicyclic) bond motifs is 6. The normalized spacial score (nSPS) is 40.3. The molecule has 0 saturated heterocycles. The van der Waals surface area contributed by atoms with Crippen LogP contribution in [-0.2, 0) is 0 Å². The molecule has 3 fully saturated rings. The molecule has 3 heteroatoms. The summed E-state index contributed by atoms with van der Waals surface area (Å²) in [4.78, 5) is 8.28. The van der Waals surface area contributed by atoms with Crippen molar-refractivity contribution in [2.75, 3.05) is 5.73 Å². The Morgan fingerprint density at radius 1 is 1.17 bits per heavy atom. The van der Waals surface area contributed by atoms with Gasteiger partial charge in [0.1, 0.15) is 11.3 Å². The number of nitrogens with two attached hydrogens (primary N) is 1. The highest BCUT2D eigenvalue weighted by atomic mass is 15.0. The third kappa shape index (κ3) is 0.995. The molecule has 3 N–H and O–H groups in total. The molecule has 0 radical (unpaired) electrons. The van der Waals surface area contributed by atoms with Crippen LogP contribution in [0.1, 0.15) is 31.0 Å². The quantitative estimate of drug-likeness (QED) is 0.752. The van der Waals surface area contributed by atoms with E-state index in [1.807, 2.05) is 12.1 Å². The first-order valence-corrected chi connectivity index (χ1v) is 7.07. The number of nitrogens with zero attached hydrogens (tertiary/aromatic N) is 1. The van der Waals surface area contributed by atoms with Gasteiger partial charge in [0.05, 0.1) is 11.2 Å². The molecule has 1 aromatic heterocycles. The van der Waals surface area contributed by atoms with E-state index in [1.54, 1.807) is 0 Å². The summed E-state index contributed by atoms with van der Waals surface area (Å²) in [6, 6.07) is 6.01. The number of H-pyrrole nitrogens is 1. The number of benzene rings is 1. The second-order valence-corrected chi connectivity index (χ2v) is 6.38. The Balaban J connectivity index is 1.59. The fraction of sp³-hybridized carbons (Fsp3) is 0.533. The number of aromatic amines is 1. The summed E-state index contributed by atoms with van der Waals surface area (Å²) in [7, 11) is 0. The molecule has 0 aliphatic heterocycles. The van der Waals surface area contributed by atoms with E-state index in [0.29, 0.717) is 5.92 Å². The van der Waals surface area contributed by atoms with Crippen LogP contribution >= 0.6 is 0 Å². The van der Waals surface area contributed by atoms with Crippen molar-refractivity contribution < 1.29 is 0 Å². The van der Waals surface area contributed by atoms with Crippen LogP contribution in [0.3, 0.4) is 0 Å². The lowest BCUT2D eigenvalue weighted by Gasteiger charge is -2.05. The molecule has 3 aliphatic rings. The molecule has 18 heavy (non-hydrogen) atoms. The van der Waals surface area contributed by atoms with Crippen molar-refractivity contribution in [1.82, 2.24) is 9.97 Å². The first kappa shape index (κ1) is 9.42. The summed E-state index contributed by atoms with van der Waals surface area (Å²) in [5.74, 6) is 5.78. The predicted octanol–water partition coefficient (Wildman–Crippen LogP) is 2.90. The van der Waals surface area contributed by atoms with Crippen molar-refractivity contribution in [3.63, 3.8) is 0 Å². The van der Waals surface area contributed by atoms with Gasteiger partial charge in [-0.2, -0.15) is 0 Å². The molecule has 4 unspecified atom stereocenters. The molecule has 5 rings (SSSR count). The van der Waals surface area contributed by atoms with Gasteiger partial charge in [-0.3, -0.25) is 0 Å². The van der Waals surface area contributed by atoms with Crippen LogP contribution < -0.4 is 5.73 Å². The Kier molecular flexibility index (Phi) is 1.52. The number of imidazole rings is 1. The van der Waals surface area contributed by atoms with Gasteiger partial charge in [-0.15, -0.1) is 0 Å². The van der Waals surface area contributed by atoms with Gasteiger partial charge in [-0.25, -0.2) is 4.98 Å². The van der Waals surface area contributed by atoms with Crippen molar-refractivity contribution in [3.8, 4) is 0 Å². The summed E-state index contributed by atoms with van der Waals surface area (Å²) in [5, 5.41) is 0.